The lowest BCUT2D eigenvalue weighted by molar-refractivity contribution is 0.0480. The summed E-state index contributed by atoms with van der Waals surface area (Å²) in [6, 6.07) is -0.314. The largest absolute Gasteiger partial charge is 0.444 e. The zero-order valence-corrected chi connectivity index (χ0v) is 10.3. The second-order valence-electron chi connectivity index (χ2n) is 4.91. The van der Waals surface area contributed by atoms with Gasteiger partial charge in [0.2, 0.25) is 0 Å². The molecule has 16 heavy (non-hydrogen) atoms. The maximum absolute atomic E-state index is 12.4. The zero-order valence-electron chi connectivity index (χ0n) is 9.49. The van der Waals surface area contributed by atoms with Gasteiger partial charge in [-0.15, -0.1) is 3.89 Å². The molecule has 0 radical (unpaired) electrons. The van der Waals surface area contributed by atoms with Gasteiger partial charge in [0.05, 0.1) is 5.25 Å². The Labute approximate surface area is 94.6 Å². The van der Waals surface area contributed by atoms with Crippen LogP contribution in [0.3, 0.4) is 0 Å². The Balaban J connectivity index is 2.31. The average molecular weight is 253 g/mol. The van der Waals surface area contributed by atoms with Crippen LogP contribution in [0.2, 0.25) is 0 Å². The lowest BCUT2D eigenvalue weighted by Crippen LogP contribution is -2.50. The minimum absolute atomic E-state index is 0.109. The SMILES string of the molecule is CC(C)(C)OC(=O)NC1CC(S(=O)(=O)F)C1. The van der Waals surface area contributed by atoms with Gasteiger partial charge in [0.15, 0.2) is 0 Å². The Morgan fingerprint density at radius 1 is 1.38 bits per heavy atom. The Morgan fingerprint density at radius 3 is 2.25 bits per heavy atom. The zero-order chi connectivity index (χ0) is 12.6. The predicted molar refractivity (Wildman–Crippen MR) is 56.2 cm³/mol. The van der Waals surface area contributed by atoms with Gasteiger partial charge in [-0.1, -0.05) is 0 Å². The number of halogens is 1. The Kier molecular flexibility index (Phi) is 3.47. The first-order valence-electron chi connectivity index (χ1n) is 5.01. The molecule has 0 atom stereocenters. The Hall–Kier alpha value is -0.850. The van der Waals surface area contributed by atoms with Gasteiger partial charge >= 0.3 is 16.3 Å². The number of carbonyl (C=O) groups excluding carboxylic acids is 1. The second kappa shape index (κ2) is 4.20. The minimum Gasteiger partial charge on any atom is -0.444 e. The highest BCUT2D eigenvalue weighted by Gasteiger charge is 2.40. The van der Waals surface area contributed by atoms with Crippen molar-refractivity contribution in [2.24, 2.45) is 0 Å². The van der Waals surface area contributed by atoms with Crippen LogP contribution in [0.4, 0.5) is 8.68 Å². The van der Waals surface area contributed by atoms with E-state index in [1.807, 2.05) is 0 Å². The Morgan fingerprint density at radius 2 is 1.88 bits per heavy atom. The summed E-state index contributed by atoms with van der Waals surface area (Å²) in [5.74, 6) is 0. The molecule has 1 rings (SSSR count). The standard InChI is InChI=1S/C9H16FNO4S/c1-9(2,3)15-8(12)11-6-4-7(5-6)16(10,13)14/h6-7H,4-5H2,1-3H3,(H,11,12). The molecule has 5 nitrogen and oxygen atoms in total. The van der Waals surface area contributed by atoms with Gasteiger partial charge in [-0.3, -0.25) is 0 Å². The van der Waals surface area contributed by atoms with Crippen molar-refractivity contribution in [1.29, 1.82) is 0 Å². The van der Waals surface area contributed by atoms with Crippen LogP contribution >= 0.6 is 0 Å². The normalized spacial score (nSPS) is 25.8. The van der Waals surface area contributed by atoms with Crippen molar-refractivity contribution in [3.05, 3.63) is 0 Å². The van der Waals surface area contributed by atoms with Crippen molar-refractivity contribution in [3.63, 3.8) is 0 Å². The molecule has 0 saturated heterocycles. The summed E-state index contributed by atoms with van der Waals surface area (Å²) in [7, 11) is -4.46. The second-order valence-corrected chi connectivity index (χ2v) is 6.53. The summed E-state index contributed by atoms with van der Waals surface area (Å²) >= 11 is 0. The lowest BCUT2D eigenvalue weighted by atomic mass is 9.92. The number of nitrogens with one attached hydrogen (secondary N) is 1. The topological polar surface area (TPSA) is 72.5 Å². The van der Waals surface area contributed by atoms with Gasteiger partial charge in [0.1, 0.15) is 5.60 Å². The van der Waals surface area contributed by atoms with Crippen LogP contribution in [0.5, 0.6) is 0 Å². The first-order valence-corrected chi connectivity index (χ1v) is 6.45. The van der Waals surface area contributed by atoms with Crippen LogP contribution in [0, 0.1) is 0 Å². The summed E-state index contributed by atoms with van der Waals surface area (Å²) in [5, 5.41) is 1.50. The molecule has 0 unspecified atom stereocenters. The van der Waals surface area contributed by atoms with Gasteiger partial charge in [-0.05, 0) is 33.6 Å². The van der Waals surface area contributed by atoms with Gasteiger partial charge in [-0.25, -0.2) is 4.79 Å². The lowest BCUT2D eigenvalue weighted by Gasteiger charge is -2.33. The summed E-state index contributed by atoms with van der Waals surface area (Å²) in [6.45, 7) is 5.17. The van der Waals surface area contributed by atoms with Gasteiger partial charge in [0, 0.05) is 6.04 Å². The maximum atomic E-state index is 12.4. The van der Waals surface area contributed by atoms with Crippen molar-refractivity contribution < 1.29 is 21.8 Å². The van der Waals surface area contributed by atoms with E-state index < -0.39 is 27.2 Å². The third kappa shape index (κ3) is 3.96. The predicted octanol–water partition coefficient (Wildman–Crippen LogP) is 1.34. The molecule has 0 bridgehead atoms. The molecule has 1 aliphatic rings. The highest BCUT2D eigenvalue weighted by atomic mass is 32.3. The minimum atomic E-state index is -4.46. The maximum Gasteiger partial charge on any atom is 0.407 e. The van der Waals surface area contributed by atoms with E-state index in [9.17, 15) is 17.1 Å². The highest BCUT2D eigenvalue weighted by molar-refractivity contribution is 7.87. The number of hydrogen-bond acceptors (Lipinski definition) is 4. The molecule has 1 saturated carbocycles. The number of rotatable bonds is 2. The average Bonchev–Trinajstić information content (AvgIpc) is 1.89. The van der Waals surface area contributed by atoms with Crippen LogP contribution in [-0.2, 0) is 15.0 Å². The smallest absolute Gasteiger partial charge is 0.407 e. The number of ether oxygens (including phenoxy) is 1. The third-order valence-corrected chi connectivity index (χ3v) is 3.40. The number of amides is 1. The van der Waals surface area contributed by atoms with E-state index in [0.717, 1.165) is 0 Å². The monoisotopic (exact) mass is 253 g/mol. The number of carbonyl (C=O) groups is 1. The molecule has 0 aromatic carbocycles. The fourth-order valence-electron chi connectivity index (χ4n) is 1.39. The number of alkyl carbamates (subject to hydrolysis) is 1. The van der Waals surface area contributed by atoms with E-state index >= 15 is 0 Å². The molecule has 0 aromatic rings. The van der Waals surface area contributed by atoms with Gasteiger partial charge in [-0.2, -0.15) is 8.42 Å². The van der Waals surface area contributed by atoms with E-state index in [-0.39, 0.29) is 18.9 Å². The van der Waals surface area contributed by atoms with Crippen molar-refractivity contribution in [1.82, 2.24) is 5.32 Å². The van der Waals surface area contributed by atoms with E-state index in [4.69, 9.17) is 4.74 Å². The summed E-state index contributed by atoms with van der Waals surface area (Å²) < 4.78 is 38.3. The van der Waals surface area contributed by atoms with E-state index in [2.05, 4.69) is 5.32 Å². The molecule has 0 heterocycles. The molecule has 0 spiro atoms. The molecular weight excluding hydrogens is 237 g/mol. The van der Waals surface area contributed by atoms with E-state index in [0.29, 0.717) is 0 Å². The van der Waals surface area contributed by atoms with Crippen molar-refractivity contribution in [3.8, 4) is 0 Å². The highest BCUT2D eigenvalue weighted by Crippen LogP contribution is 2.28. The number of hydrogen-bond donors (Lipinski definition) is 1. The molecule has 1 N–H and O–H groups in total. The summed E-state index contributed by atoms with van der Waals surface area (Å²) in [5.41, 5.74) is -0.598. The van der Waals surface area contributed by atoms with Crippen LogP contribution in [0.25, 0.3) is 0 Å². The fraction of sp³-hybridized carbons (Fsp3) is 0.889. The third-order valence-electron chi connectivity index (χ3n) is 2.21. The van der Waals surface area contributed by atoms with E-state index in [1.165, 1.54) is 0 Å². The van der Waals surface area contributed by atoms with Crippen LogP contribution < -0.4 is 5.32 Å². The molecule has 1 fully saturated rings. The summed E-state index contributed by atoms with van der Waals surface area (Å²) in [4.78, 5) is 11.2. The van der Waals surface area contributed by atoms with Crippen LogP contribution in [0.1, 0.15) is 33.6 Å². The fourth-order valence-corrected chi connectivity index (χ4v) is 2.31. The van der Waals surface area contributed by atoms with Crippen LogP contribution in [0.15, 0.2) is 0 Å². The Bertz CT molecular complexity index is 367. The van der Waals surface area contributed by atoms with Crippen molar-refractivity contribution >= 4 is 16.3 Å². The van der Waals surface area contributed by atoms with Crippen LogP contribution in [-0.4, -0.2) is 31.4 Å². The first kappa shape index (κ1) is 13.2. The first-order chi connectivity index (χ1) is 7.08. The van der Waals surface area contributed by atoms with Gasteiger partial charge < -0.3 is 10.1 Å². The van der Waals surface area contributed by atoms with E-state index in [1.54, 1.807) is 20.8 Å². The molecule has 1 amide bonds. The molecule has 1 aliphatic carbocycles. The molecular formula is C9H16FNO4S. The van der Waals surface area contributed by atoms with Gasteiger partial charge in [0.25, 0.3) is 0 Å². The molecule has 0 aromatic heterocycles. The summed E-state index contributed by atoms with van der Waals surface area (Å²) in [6.07, 6.45) is -0.386. The molecule has 0 aliphatic heterocycles. The molecule has 7 heteroatoms. The quantitative estimate of drug-likeness (QED) is 0.754. The van der Waals surface area contributed by atoms with Crippen molar-refractivity contribution in [2.45, 2.75) is 50.5 Å². The van der Waals surface area contributed by atoms with Crippen molar-refractivity contribution in [2.75, 3.05) is 0 Å². The molecule has 94 valence electrons.